The Labute approximate surface area is 61.2 Å². The van der Waals surface area contributed by atoms with Gasteiger partial charge in [0.25, 0.3) is 0 Å². The molecule has 1 N–H and O–H groups in total. The fourth-order valence-electron chi connectivity index (χ4n) is 2.01. The highest BCUT2D eigenvalue weighted by Crippen LogP contribution is 2.71. The van der Waals surface area contributed by atoms with Gasteiger partial charge in [-0.1, -0.05) is 0 Å². The lowest BCUT2D eigenvalue weighted by Gasteiger charge is -2.10. The summed E-state index contributed by atoms with van der Waals surface area (Å²) in [4.78, 5) is 0. The van der Waals surface area contributed by atoms with E-state index in [2.05, 4.69) is 0 Å². The number of aliphatic hydroxyl groups excluding tert-OH is 1. The van der Waals surface area contributed by atoms with Crippen LogP contribution >= 0.6 is 0 Å². The van der Waals surface area contributed by atoms with Crippen LogP contribution in [0.15, 0.2) is 0 Å². The third-order valence-electron chi connectivity index (χ3n) is 3.08. The van der Waals surface area contributed by atoms with Gasteiger partial charge in [-0.25, -0.2) is 0 Å². The van der Waals surface area contributed by atoms with Gasteiger partial charge in [0, 0.05) is 7.11 Å². The van der Waals surface area contributed by atoms with E-state index < -0.39 is 0 Å². The van der Waals surface area contributed by atoms with Crippen LogP contribution in [0.5, 0.6) is 0 Å². The molecule has 10 heavy (non-hydrogen) atoms. The average molecular weight is 142 g/mol. The third-order valence-corrected chi connectivity index (χ3v) is 3.08. The first kappa shape index (κ1) is 6.62. The maximum Gasteiger partial charge on any atom is 0.0835 e. The monoisotopic (exact) mass is 142 g/mol. The topological polar surface area (TPSA) is 29.5 Å². The molecule has 2 rings (SSSR count). The van der Waals surface area contributed by atoms with Crippen LogP contribution < -0.4 is 0 Å². The van der Waals surface area contributed by atoms with Crippen LogP contribution in [0.25, 0.3) is 0 Å². The lowest BCUT2D eigenvalue weighted by Crippen LogP contribution is -2.19. The fraction of sp³-hybridized carbons (Fsp3) is 1.00. The Morgan fingerprint density at radius 1 is 1.70 bits per heavy atom. The summed E-state index contributed by atoms with van der Waals surface area (Å²) >= 11 is 0. The summed E-state index contributed by atoms with van der Waals surface area (Å²) in [5.74, 6) is 0.683. The van der Waals surface area contributed by atoms with Crippen LogP contribution in [0.2, 0.25) is 0 Å². The Morgan fingerprint density at radius 3 is 2.70 bits per heavy atom. The number of rotatable bonds is 3. The first-order valence-corrected chi connectivity index (χ1v) is 3.96. The summed E-state index contributed by atoms with van der Waals surface area (Å²) in [6.45, 7) is 0.197. The van der Waals surface area contributed by atoms with E-state index in [1.807, 2.05) is 0 Å². The molecule has 2 saturated carbocycles. The highest BCUT2D eigenvalue weighted by molar-refractivity contribution is 5.14. The van der Waals surface area contributed by atoms with Gasteiger partial charge in [0.15, 0.2) is 0 Å². The summed E-state index contributed by atoms with van der Waals surface area (Å²) in [6, 6.07) is 0. The van der Waals surface area contributed by atoms with E-state index >= 15 is 0 Å². The number of ether oxygens (including phenoxy) is 1. The van der Waals surface area contributed by atoms with Gasteiger partial charge in [-0.15, -0.1) is 0 Å². The van der Waals surface area contributed by atoms with Crippen molar-refractivity contribution >= 4 is 0 Å². The number of aliphatic hydroxyl groups is 1. The normalized spacial score (nSPS) is 36.0. The quantitative estimate of drug-likeness (QED) is 0.631. The Bertz CT molecular complexity index is 136. The van der Waals surface area contributed by atoms with Gasteiger partial charge in [-0.05, 0) is 30.6 Å². The van der Waals surface area contributed by atoms with Crippen molar-refractivity contribution in [2.45, 2.75) is 25.4 Å². The van der Waals surface area contributed by atoms with Crippen molar-refractivity contribution in [3.05, 3.63) is 0 Å². The molecule has 2 aliphatic carbocycles. The SMILES string of the molecule is COC(CO)C1CC12CC2. The van der Waals surface area contributed by atoms with Crippen LogP contribution in [0.3, 0.4) is 0 Å². The van der Waals surface area contributed by atoms with Gasteiger partial charge in [0.1, 0.15) is 0 Å². The molecule has 0 heterocycles. The lowest BCUT2D eigenvalue weighted by atomic mass is 10.2. The summed E-state index contributed by atoms with van der Waals surface area (Å²) < 4.78 is 5.15. The third kappa shape index (κ3) is 0.789. The summed E-state index contributed by atoms with van der Waals surface area (Å²) in [6.07, 6.45) is 4.17. The maximum absolute atomic E-state index is 8.87. The van der Waals surface area contributed by atoms with Crippen LogP contribution in [-0.4, -0.2) is 24.9 Å². The van der Waals surface area contributed by atoms with Gasteiger partial charge in [-0.3, -0.25) is 0 Å². The minimum absolute atomic E-state index is 0.127. The molecule has 0 radical (unpaired) electrons. The molecule has 1 spiro atoms. The van der Waals surface area contributed by atoms with E-state index in [-0.39, 0.29) is 12.7 Å². The molecule has 2 aliphatic rings. The van der Waals surface area contributed by atoms with Gasteiger partial charge in [-0.2, -0.15) is 0 Å². The minimum Gasteiger partial charge on any atom is -0.394 e. The number of hydrogen-bond acceptors (Lipinski definition) is 2. The lowest BCUT2D eigenvalue weighted by molar-refractivity contribution is 0.0291. The van der Waals surface area contributed by atoms with E-state index in [0.717, 1.165) is 0 Å². The van der Waals surface area contributed by atoms with E-state index in [1.165, 1.54) is 19.3 Å². The zero-order valence-corrected chi connectivity index (χ0v) is 6.34. The molecule has 0 aromatic rings. The standard InChI is InChI=1S/C8H14O2/c1-10-7(5-9)6-4-8(6)2-3-8/h6-7,9H,2-5H2,1H3. The summed E-state index contributed by atoms with van der Waals surface area (Å²) in [7, 11) is 1.69. The molecular weight excluding hydrogens is 128 g/mol. The zero-order chi connectivity index (χ0) is 7.19. The molecule has 0 aliphatic heterocycles. The predicted molar refractivity (Wildman–Crippen MR) is 37.7 cm³/mol. The van der Waals surface area contributed by atoms with E-state index in [0.29, 0.717) is 11.3 Å². The largest absolute Gasteiger partial charge is 0.394 e. The van der Waals surface area contributed by atoms with Gasteiger partial charge in [0.2, 0.25) is 0 Å². The first-order chi connectivity index (χ1) is 4.82. The zero-order valence-electron chi connectivity index (χ0n) is 6.34. The molecule has 2 unspecified atom stereocenters. The van der Waals surface area contributed by atoms with Crippen LogP contribution in [0.4, 0.5) is 0 Å². The fourth-order valence-corrected chi connectivity index (χ4v) is 2.01. The van der Waals surface area contributed by atoms with E-state index in [9.17, 15) is 0 Å². The Morgan fingerprint density at radius 2 is 2.40 bits per heavy atom. The molecule has 0 bridgehead atoms. The first-order valence-electron chi connectivity index (χ1n) is 3.96. The Hall–Kier alpha value is -0.0800. The van der Waals surface area contributed by atoms with Crippen molar-refractivity contribution in [2.75, 3.05) is 13.7 Å². The number of methoxy groups -OCH3 is 1. The summed E-state index contributed by atoms with van der Waals surface area (Å²) in [5.41, 5.74) is 0.656. The second-order valence-electron chi connectivity index (χ2n) is 3.63. The molecule has 0 saturated heterocycles. The smallest absolute Gasteiger partial charge is 0.0835 e. The minimum atomic E-state index is 0.127. The molecule has 0 amide bonds. The predicted octanol–water partition coefficient (Wildman–Crippen LogP) is 0.794. The highest BCUT2D eigenvalue weighted by Gasteiger charge is 2.65. The van der Waals surface area contributed by atoms with Crippen molar-refractivity contribution in [3.8, 4) is 0 Å². The van der Waals surface area contributed by atoms with Crippen molar-refractivity contribution in [3.63, 3.8) is 0 Å². The average Bonchev–Trinajstić information content (AvgIpc) is 2.81. The van der Waals surface area contributed by atoms with Crippen molar-refractivity contribution in [1.29, 1.82) is 0 Å². The molecule has 0 aromatic heterocycles. The molecule has 58 valence electrons. The van der Waals surface area contributed by atoms with Gasteiger partial charge >= 0.3 is 0 Å². The number of hydrogen-bond donors (Lipinski definition) is 1. The van der Waals surface area contributed by atoms with Crippen molar-refractivity contribution < 1.29 is 9.84 Å². The Balaban J connectivity index is 1.88. The molecule has 2 nitrogen and oxygen atoms in total. The maximum atomic E-state index is 8.87. The van der Waals surface area contributed by atoms with Crippen LogP contribution in [0, 0.1) is 11.3 Å². The van der Waals surface area contributed by atoms with Crippen LogP contribution in [0.1, 0.15) is 19.3 Å². The van der Waals surface area contributed by atoms with Crippen molar-refractivity contribution in [2.24, 2.45) is 11.3 Å². The summed E-state index contributed by atoms with van der Waals surface area (Å²) in [5, 5.41) is 8.87. The molecule has 2 atom stereocenters. The second-order valence-corrected chi connectivity index (χ2v) is 3.63. The van der Waals surface area contributed by atoms with Gasteiger partial charge in [0.05, 0.1) is 12.7 Å². The van der Waals surface area contributed by atoms with E-state index in [4.69, 9.17) is 9.84 Å². The molecule has 2 heteroatoms. The molecular formula is C8H14O2. The van der Waals surface area contributed by atoms with Gasteiger partial charge < -0.3 is 9.84 Å². The Kier molecular flexibility index (Phi) is 1.29. The van der Waals surface area contributed by atoms with Crippen molar-refractivity contribution in [1.82, 2.24) is 0 Å². The highest BCUT2D eigenvalue weighted by atomic mass is 16.5. The van der Waals surface area contributed by atoms with E-state index in [1.54, 1.807) is 7.11 Å². The molecule has 0 aromatic carbocycles. The van der Waals surface area contributed by atoms with Crippen LogP contribution in [-0.2, 0) is 4.74 Å². The second kappa shape index (κ2) is 1.95. The molecule has 2 fully saturated rings.